The smallest absolute Gasteiger partial charge is 0.302 e. The van der Waals surface area contributed by atoms with E-state index in [1.54, 1.807) is 0 Å². The van der Waals surface area contributed by atoms with Gasteiger partial charge in [-0.05, 0) is 69.2 Å². The molecule has 0 radical (unpaired) electrons. The standard InChI is InChI=1S/C52H41BN2O3/c1-51(2,3)36-28-26-30-16-7-8-17-31(30)45(36)55-39-22-15-21-38-44(39)53(43-34-19-10-13-24-41(34)58-50(43)55)49-46(35-20-11-14-25-42(35)57-49)54(38)47-37(52(4,5)6)29-27-33-32-18-9-12-23-40(32)56-48(33)47/h7-29H,1-6H3. The molecule has 2 aliphatic rings. The van der Waals surface area contributed by atoms with Gasteiger partial charge in [-0.15, -0.1) is 0 Å². The molecule has 0 aliphatic carbocycles. The van der Waals surface area contributed by atoms with Crippen LogP contribution >= 0.6 is 0 Å². The Balaban J connectivity index is 1.27. The van der Waals surface area contributed by atoms with Crippen LogP contribution in [0.25, 0.3) is 54.6 Å². The lowest BCUT2D eigenvalue weighted by Gasteiger charge is -2.42. The van der Waals surface area contributed by atoms with Crippen molar-refractivity contribution in [2.75, 3.05) is 9.80 Å². The number of rotatable bonds is 2. The van der Waals surface area contributed by atoms with Crippen molar-refractivity contribution in [3.05, 3.63) is 151 Å². The zero-order chi connectivity index (χ0) is 39.2. The third kappa shape index (κ3) is 4.43. The van der Waals surface area contributed by atoms with E-state index in [0.717, 1.165) is 89.3 Å². The molecule has 6 heteroatoms. The van der Waals surface area contributed by atoms with Gasteiger partial charge in [0.1, 0.15) is 16.7 Å². The summed E-state index contributed by atoms with van der Waals surface area (Å²) in [4.78, 5) is 4.90. The van der Waals surface area contributed by atoms with E-state index in [1.165, 1.54) is 27.4 Å². The number of furan rings is 3. The first-order valence-electron chi connectivity index (χ1n) is 20.3. The summed E-state index contributed by atoms with van der Waals surface area (Å²) in [5.74, 6) is 0.826. The SMILES string of the molecule is CC(C)(C)c1ccc2ccccc2c1N1c2cccc3c2B(c2oc4ccccc4c2N3c2c(C(C)(C)C)ccc3c2oc2ccccc23)c2c1oc1ccccc21. The predicted molar refractivity (Wildman–Crippen MR) is 242 cm³/mol. The lowest BCUT2D eigenvalue weighted by molar-refractivity contribution is 0.587. The number of para-hydroxylation sites is 3. The van der Waals surface area contributed by atoms with E-state index in [0.29, 0.717) is 0 Å². The van der Waals surface area contributed by atoms with Crippen LogP contribution in [0.15, 0.2) is 153 Å². The van der Waals surface area contributed by atoms with Crippen LogP contribution in [0.2, 0.25) is 0 Å². The third-order valence-corrected chi connectivity index (χ3v) is 12.5. The van der Waals surface area contributed by atoms with Crippen LogP contribution in [0.1, 0.15) is 52.7 Å². The maximum absolute atomic E-state index is 7.22. The maximum atomic E-state index is 7.22. The molecule has 5 nitrogen and oxygen atoms in total. The number of nitrogens with zero attached hydrogens (tertiary/aromatic N) is 2. The highest BCUT2D eigenvalue weighted by molar-refractivity contribution is 7.01. The van der Waals surface area contributed by atoms with Crippen molar-refractivity contribution in [2.45, 2.75) is 52.4 Å². The Bertz CT molecular complexity index is 3350. The molecular formula is C52H41BN2O3. The molecule has 0 N–H and O–H groups in total. The van der Waals surface area contributed by atoms with Crippen molar-refractivity contribution in [1.82, 2.24) is 0 Å². The van der Waals surface area contributed by atoms with E-state index in [1.807, 2.05) is 0 Å². The molecule has 0 spiro atoms. The van der Waals surface area contributed by atoms with Crippen LogP contribution in [0.3, 0.4) is 0 Å². The van der Waals surface area contributed by atoms with Gasteiger partial charge >= 0.3 is 6.71 Å². The summed E-state index contributed by atoms with van der Waals surface area (Å²) >= 11 is 0. The van der Waals surface area contributed by atoms with Crippen molar-refractivity contribution in [3.63, 3.8) is 0 Å². The molecule has 10 aromatic rings. The topological polar surface area (TPSA) is 45.9 Å². The fourth-order valence-corrected chi connectivity index (χ4v) is 10.00. The van der Waals surface area contributed by atoms with E-state index < -0.39 is 0 Å². The highest BCUT2D eigenvalue weighted by atomic mass is 16.4. The molecule has 12 rings (SSSR count). The average molecular weight is 753 g/mol. The summed E-state index contributed by atoms with van der Waals surface area (Å²) in [7, 11) is 0. The Morgan fingerprint density at radius 3 is 1.71 bits per heavy atom. The fourth-order valence-electron chi connectivity index (χ4n) is 10.00. The Kier molecular flexibility index (Phi) is 6.63. The monoisotopic (exact) mass is 752 g/mol. The molecule has 0 atom stereocenters. The predicted octanol–water partition coefficient (Wildman–Crippen LogP) is 12.9. The van der Waals surface area contributed by atoms with Gasteiger partial charge in [-0.3, -0.25) is 4.90 Å². The second-order valence-electron chi connectivity index (χ2n) is 18.1. The summed E-state index contributed by atoms with van der Waals surface area (Å²) in [5.41, 5.74) is 14.0. The molecule has 7 aromatic carbocycles. The van der Waals surface area contributed by atoms with Crippen molar-refractivity contribution >= 4 is 112 Å². The minimum absolute atomic E-state index is 0.173. The quantitative estimate of drug-likeness (QED) is 0.165. The van der Waals surface area contributed by atoms with Gasteiger partial charge in [0.15, 0.2) is 5.58 Å². The zero-order valence-corrected chi connectivity index (χ0v) is 33.5. The Hall–Kier alpha value is -6.66. The number of hydrogen-bond donors (Lipinski definition) is 0. The molecule has 0 unspecified atom stereocenters. The first-order valence-corrected chi connectivity index (χ1v) is 20.3. The Morgan fingerprint density at radius 2 is 0.983 bits per heavy atom. The van der Waals surface area contributed by atoms with E-state index in [9.17, 15) is 0 Å². The van der Waals surface area contributed by atoms with Gasteiger partial charge in [-0.2, -0.15) is 0 Å². The van der Waals surface area contributed by atoms with Gasteiger partial charge in [0, 0.05) is 43.8 Å². The van der Waals surface area contributed by atoms with Gasteiger partial charge in [-0.1, -0.05) is 145 Å². The summed E-state index contributed by atoms with van der Waals surface area (Å²) in [6.07, 6.45) is 0. The highest BCUT2D eigenvalue weighted by Crippen LogP contribution is 2.53. The van der Waals surface area contributed by atoms with Crippen LogP contribution in [0.4, 0.5) is 34.3 Å². The molecule has 58 heavy (non-hydrogen) atoms. The fraction of sp³-hybridized carbons (Fsp3) is 0.154. The van der Waals surface area contributed by atoms with Gasteiger partial charge in [0.05, 0.1) is 22.7 Å². The molecular weight excluding hydrogens is 711 g/mol. The molecule has 0 saturated carbocycles. The van der Waals surface area contributed by atoms with Crippen LogP contribution in [0.5, 0.6) is 0 Å². The molecule has 0 bridgehead atoms. The third-order valence-electron chi connectivity index (χ3n) is 12.5. The first-order chi connectivity index (χ1) is 28.1. The highest BCUT2D eigenvalue weighted by Gasteiger charge is 2.50. The zero-order valence-electron chi connectivity index (χ0n) is 33.5. The molecule has 3 aromatic heterocycles. The van der Waals surface area contributed by atoms with Gasteiger partial charge in [0.25, 0.3) is 0 Å². The van der Waals surface area contributed by atoms with Crippen LogP contribution in [-0.2, 0) is 10.8 Å². The van der Waals surface area contributed by atoms with E-state index in [-0.39, 0.29) is 17.5 Å². The largest absolute Gasteiger partial charge is 0.468 e. The second kappa shape index (κ2) is 11.5. The summed E-state index contributed by atoms with van der Waals surface area (Å²) in [5, 5.41) is 6.70. The van der Waals surface area contributed by atoms with Crippen LogP contribution in [-0.4, -0.2) is 6.71 Å². The first kappa shape index (κ1) is 33.5. The average Bonchev–Trinajstić information content (AvgIpc) is 3.91. The van der Waals surface area contributed by atoms with Gasteiger partial charge in [0.2, 0.25) is 5.88 Å². The Morgan fingerprint density at radius 1 is 0.414 bits per heavy atom. The summed E-state index contributed by atoms with van der Waals surface area (Å²) in [6.45, 7) is 13.5. The minimum atomic E-state index is -0.249. The second-order valence-corrected chi connectivity index (χ2v) is 18.1. The normalized spacial score (nSPS) is 13.9. The molecule has 0 saturated heterocycles. The molecule has 5 heterocycles. The molecule has 280 valence electrons. The number of fused-ring (bicyclic) bond motifs is 12. The maximum Gasteiger partial charge on any atom is 0.302 e. The minimum Gasteiger partial charge on any atom is -0.468 e. The van der Waals surface area contributed by atoms with E-state index in [4.69, 9.17) is 13.3 Å². The van der Waals surface area contributed by atoms with Crippen molar-refractivity contribution in [1.29, 1.82) is 0 Å². The lowest BCUT2D eigenvalue weighted by atomic mass is 9.35. The Labute approximate surface area is 337 Å². The molecule has 0 amide bonds. The van der Waals surface area contributed by atoms with Gasteiger partial charge in [-0.25, -0.2) is 0 Å². The van der Waals surface area contributed by atoms with Crippen molar-refractivity contribution in [2.24, 2.45) is 0 Å². The van der Waals surface area contributed by atoms with Gasteiger partial charge < -0.3 is 18.2 Å². The number of benzene rings is 7. The lowest BCUT2D eigenvalue weighted by Crippen LogP contribution is -2.60. The molecule has 0 fully saturated rings. The number of hydrogen-bond acceptors (Lipinski definition) is 5. The summed E-state index contributed by atoms with van der Waals surface area (Å²) < 4.78 is 21.3. The van der Waals surface area contributed by atoms with Crippen molar-refractivity contribution in [3.8, 4) is 0 Å². The van der Waals surface area contributed by atoms with Crippen molar-refractivity contribution < 1.29 is 13.3 Å². The number of anilines is 6. The van der Waals surface area contributed by atoms with E-state index >= 15 is 0 Å². The summed E-state index contributed by atoms with van der Waals surface area (Å²) in [6, 6.07) is 50.0. The van der Waals surface area contributed by atoms with E-state index in [2.05, 4.69) is 191 Å². The molecule has 2 aliphatic heterocycles. The van der Waals surface area contributed by atoms with Crippen LogP contribution < -0.4 is 26.4 Å². The van der Waals surface area contributed by atoms with Crippen LogP contribution in [0, 0.1) is 0 Å².